The number of hydrogen-bond acceptors (Lipinski definition) is 4. The summed E-state index contributed by atoms with van der Waals surface area (Å²) >= 11 is 0. The van der Waals surface area contributed by atoms with Gasteiger partial charge in [0.05, 0.1) is 12.3 Å². The molecule has 2 rings (SSSR count). The Morgan fingerprint density at radius 2 is 1.61 bits per heavy atom. The summed E-state index contributed by atoms with van der Waals surface area (Å²) in [4.78, 5) is 0. The van der Waals surface area contributed by atoms with Gasteiger partial charge in [0.2, 0.25) is 0 Å². The first-order chi connectivity index (χ1) is 11.4. The molecule has 1 aromatic heterocycles. The van der Waals surface area contributed by atoms with Crippen molar-refractivity contribution < 1.29 is 14.0 Å². The van der Waals surface area contributed by atoms with E-state index in [0.717, 1.165) is 37.3 Å². The number of nitrogens with zero attached hydrogens (tertiary/aromatic N) is 1. The minimum atomic E-state index is 0.591. The fourth-order valence-electron chi connectivity index (χ4n) is 1.71. The van der Waals surface area contributed by atoms with Crippen molar-refractivity contribution in [2.75, 3.05) is 19.8 Å². The van der Waals surface area contributed by atoms with Gasteiger partial charge in [0.1, 0.15) is 18.6 Å². The van der Waals surface area contributed by atoms with Crippen LogP contribution in [0, 0.1) is 0 Å². The molecule has 0 N–H and O–H groups in total. The molecular formula is C19H31NO3. The topological polar surface area (TPSA) is 44.5 Å². The minimum Gasteiger partial charge on any atom is -0.491 e. The van der Waals surface area contributed by atoms with E-state index in [0.29, 0.717) is 13.2 Å². The lowest BCUT2D eigenvalue weighted by molar-refractivity contribution is 0.0974. The maximum atomic E-state index is 5.52. The fourth-order valence-corrected chi connectivity index (χ4v) is 1.71. The molecule has 0 aliphatic rings. The van der Waals surface area contributed by atoms with Gasteiger partial charge in [0.15, 0.2) is 0 Å². The van der Waals surface area contributed by atoms with Gasteiger partial charge in [-0.1, -0.05) is 51.1 Å². The summed E-state index contributed by atoms with van der Waals surface area (Å²) in [7, 11) is 0. The van der Waals surface area contributed by atoms with Crippen molar-refractivity contribution in [2.24, 2.45) is 0 Å². The summed E-state index contributed by atoms with van der Waals surface area (Å²) in [6, 6.07) is 11.7. The number of aromatic nitrogens is 1. The summed E-state index contributed by atoms with van der Waals surface area (Å²) in [6.07, 6.45) is 4.64. The normalized spacial score (nSPS) is 9.22. The number of unbranched alkanes of at least 4 members (excludes halogenated alkanes) is 1. The largest absolute Gasteiger partial charge is 0.491 e. The first kappa shape index (κ1) is 21.2. The molecule has 0 fully saturated rings. The molecule has 1 heterocycles. The molecule has 23 heavy (non-hydrogen) atoms. The van der Waals surface area contributed by atoms with Crippen LogP contribution in [-0.2, 0) is 11.2 Å². The van der Waals surface area contributed by atoms with Crippen molar-refractivity contribution >= 4 is 0 Å². The van der Waals surface area contributed by atoms with E-state index in [4.69, 9.17) is 14.0 Å². The molecule has 1 aromatic carbocycles. The standard InChI is InChI=1S/C15H19NO3.2C2H6/c1-2-7-15(8-3-1)18-13-12-17-10-5-4-6-14-9-11-19-16-14;2*1-2/h1-3,7-9,11H,4-6,10,12-13H2;2*1-2H3. The molecule has 0 saturated heterocycles. The Balaban J connectivity index is 0.00000112. The van der Waals surface area contributed by atoms with E-state index >= 15 is 0 Å². The summed E-state index contributed by atoms with van der Waals surface area (Å²) in [5.74, 6) is 0.886. The first-order valence-corrected chi connectivity index (χ1v) is 8.60. The van der Waals surface area contributed by atoms with Gasteiger partial charge in [-0.15, -0.1) is 0 Å². The average Bonchev–Trinajstić information content (AvgIpc) is 3.15. The van der Waals surface area contributed by atoms with Crippen LogP contribution in [0.15, 0.2) is 47.2 Å². The Bertz CT molecular complexity index is 429. The first-order valence-electron chi connectivity index (χ1n) is 8.60. The van der Waals surface area contributed by atoms with E-state index in [1.807, 2.05) is 64.1 Å². The second-order valence-electron chi connectivity index (χ2n) is 4.22. The molecule has 4 nitrogen and oxygen atoms in total. The van der Waals surface area contributed by atoms with Gasteiger partial charge in [-0.2, -0.15) is 0 Å². The third-order valence-corrected chi connectivity index (χ3v) is 2.70. The van der Waals surface area contributed by atoms with E-state index in [9.17, 15) is 0 Å². The summed E-state index contributed by atoms with van der Waals surface area (Å²) in [5, 5.41) is 3.86. The second kappa shape index (κ2) is 16.6. The molecule has 0 aliphatic heterocycles. The highest BCUT2D eigenvalue weighted by molar-refractivity contribution is 5.20. The van der Waals surface area contributed by atoms with Crippen LogP contribution in [0.25, 0.3) is 0 Å². The van der Waals surface area contributed by atoms with Crippen LogP contribution in [0.2, 0.25) is 0 Å². The van der Waals surface area contributed by atoms with Gasteiger partial charge in [-0.05, 0) is 31.4 Å². The van der Waals surface area contributed by atoms with Crippen molar-refractivity contribution in [1.82, 2.24) is 5.16 Å². The van der Waals surface area contributed by atoms with Crippen LogP contribution in [0.1, 0.15) is 46.2 Å². The number of hydrogen-bond donors (Lipinski definition) is 0. The number of para-hydroxylation sites is 1. The van der Waals surface area contributed by atoms with Crippen molar-refractivity contribution in [3.63, 3.8) is 0 Å². The average molecular weight is 321 g/mol. The Labute approximate surface area is 140 Å². The van der Waals surface area contributed by atoms with E-state index in [1.165, 1.54) is 0 Å². The van der Waals surface area contributed by atoms with Crippen molar-refractivity contribution in [3.8, 4) is 5.75 Å². The molecule has 0 radical (unpaired) electrons. The molecule has 130 valence electrons. The predicted octanol–water partition coefficient (Wildman–Crippen LogP) is 5.15. The fraction of sp³-hybridized carbons (Fsp3) is 0.526. The highest BCUT2D eigenvalue weighted by Gasteiger charge is 1.97. The number of aryl methyl sites for hydroxylation is 1. The van der Waals surface area contributed by atoms with Gasteiger partial charge in [-0.3, -0.25) is 0 Å². The molecule has 4 heteroatoms. The lowest BCUT2D eigenvalue weighted by Gasteiger charge is -2.06. The van der Waals surface area contributed by atoms with Gasteiger partial charge in [0.25, 0.3) is 0 Å². The van der Waals surface area contributed by atoms with E-state index < -0.39 is 0 Å². The Morgan fingerprint density at radius 3 is 2.26 bits per heavy atom. The van der Waals surface area contributed by atoms with E-state index in [-0.39, 0.29) is 0 Å². The third-order valence-electron chi connectivity index (χ3n) is 2.70. The molecule has 0 unspecified atom stereocenters. The Hall–Kier alpha value is -1.81. The van der Waals surface area contributed by atoms with Crippen LogP contribution in [0.5, 0.6) is 5.75 Å². The van der Waals surface area contributed by atoms with E-state index in [2.05, 4.69) is 5.16 Å². The van der Waals surface area contributed by atoms with Crippen molar-refractivity contribution in [1.29, 1.82) is 0 Å². The highest BCUT2D eigenvalue weighted by Crippen LogP contribution is 2.07. The van der Waals surface area contributed by atoms with Crippen molar-refractivity contribution in [2.45, 2.75) is 47.0 Å². The van der Waals surface area contributed by atoms with Crippen LogP contribution in [-0.4, -0.2) is 25.0 Å². The second-order valence-corrected chi connectivity index (χ2v) is 4.22. The summed E-state index contributed by atoms with van der Waals surface area (Å²) < 4.78 is 15.8. The quantitative estimate of drug-likeness (QED) is 0.599. The lowest BCUT2D eigenvalue weighted by atomic mass is 10.2. The smallest absolute Gasteiger partial charge is 0.124 e. The zero-order valence-corrected chi connectivity index (χ0v) is 15.0. The monoisotopic (exact) mass is 321 g/mol. The number of benzene rings is 1. The lowest BCUT2D eigenvalue weighted by Crippen LogP contribution is -2.07. The highest BCUT2D eigenvalue weighted by atomic mass is 16.5. The number of ether oxygens (including phenoxy) is 2. The summed E-state index contributed by atoms with van der Waals surface area (Å²) in [5.41, 5.74) is 1.01. The van der Waals surface area contributed by atoms with Crippen LogP contribution >= 0.6 is 0 Å². The summed E-state index contributed by atoms with van der Waals surface area (Å²) in [6.45, 7) is 9.97. The van der Waals surface area contributed by atoms with Gasteiger partial charge in [-0.25, -0.2) is 0 Å². The molecule has 0 saturated carbocycles. The predicted molar refractivity (Wildman–Crippen MR) is 94.9 cm³/mol. The molecule has 0 aliphatic carbocycles. The minimum absolute atomic E-state index is 0.591. The van der Waals surface area contributed by atoms with Crippen molar-refractivity contribution in [3.05, 3.63) is 48.4 Å². The van der Waals surface area contributed by atoms with Crippen LogP contribution < -0.4 is 4.74 Å². The Kier molecular flexibility index (Phi) is 15.3. The zero-order valence-electron chi connectivity index (χ0n) is 15.0. The Morgan fingerprint density at radius 1 is 0.870 bits per heavy atom. The molecule has 0 atom stereocenters. The molecule has 0 bridgehead atoms. The van der Waals surface area contributed by atoms with Crippen LogP contribution in [0.4, 0.5) is 0 Å². The van der Waals surface area contributed by atoms with Gasteiger partial charge >= 0.3 is 0 Å². The maximum absolute atomic E-state index is 5.52. The number of rotatable bonds is 9. The van der Waals surface area contributed by atoms with Crippen LogP contribution in [0.3, 0.4) is 0 Å². The SMILES string of the molecule is CC.CC.c1ccc(OCCOCCCCc2ccon2)cc1. The van der Waals surface area contributed by atoms with E-state index in [1.54, 1.807) is 6.26 Å². The van der Waals surface area contributed by atoms with Gasteiger partial charge in [0, 0.05) is 12.7 Å². The third kappa shape index (κ3) is 11.4. The zero-order chi connectivity index (χ0) is 17.2. The molecule has 0 amide bonds. The molecule has 2 aromatic rings. The molecular weight excluding hydrogens is 290 g/mol. The maximum Gasteiger partial charge on any atom is 0.124 e. The molecule has 0 spiro atoms. The van der Waals surface area contributed by atoms with Gasteiger partial charge < -0.3 is 14.0 Å².